The molecule has 3 nitrogen and oxygen atoms in total. The first-order valence-corrected chi connectivity index (χ1v) is 6.80. The summed E-state index contributed by atoms with van der Waals surface area (Å²) in [7, 11) is 0. The predicted molar refractivity (Wildman–Crippen MR) is 65.2 cm³/mol. The topological polar surface area (TPSA) is 41.1 Å². The lowest BCUT2D eigenvalue weighted by Gasteiger charge is -2.23. The van der Waals surface area contributed by atoms with E-state index in [-0.39, 0.29) is 5.91 Å². The van der Waals surface area contributed by atoms with Crippen molar-refractivity contribution in [1.82, 2.24) is 10.6 Å². The third-order valence-electron chi connectivity index (χ3n) is 3.76. The first-order valence-electron chi connectivity index (χ1n) is 6.80. The van der Waals surface area contributed by atoms with E-state index in [0.717, 1.165) is 25.3 Å². The Balaban J connectivity index is 1.77. The number of carbonyl (C=O) groups is 1. The summed E-state index contributed by atoms with van der Waals surface area (Å²) in [5.74, 6) is 1.19. The summed E-state index contributed by atoms with van der Waals surface area (Å²) in [6.07, 6.45) is 8.26. The van der Waals surface area contributed by atoms with Gasteiger partial charge in [-0.1, -0.05) is 19.8 Å². The van der Waals surface area contributed by atoms with Crippen molar-refractivity contribution < 1.29 is 4.79 Å². The van der Waals surface area contributed by atoms with E-state index in [1.54, 1.807) is 0 Å². The Hall–Kier alpha value is -0.570. The molecule has 0 aromatic carbocycles. The molecule has 1 saturated heterocycles. The van der Waals surface area contributed by atoms with Crippen molar-refractivity contribution >= 4 is 5.91 Å². The van der Waals surface area contributed by atoms with Gasteiger partial charge >= 0.3 is 0 Å². The average molecular weight is 224 g/mol. The second-order valence-corrected chi connectivity index (χ2v) is 5.34. The molecule has 2 unspecified atom stereocenters. The summed E-state index contributed by atoms with van der Waals surface area (Å²) in [6.45, 7) is 3.10. The van der Waals surface area contributed by atoms with Crippen LogP contribution in [0.25, 0.3) is 0 Å². The van der Waals surface area contributed by atoms with Gasteiger partial charge in [0.2, 0.25) is 5.91 Å². The van der Waals surface area contributed by atoms with Crippen molar-refractivity contribution in [2.45, 2.75) is 64.0 Å². The van der Waals surface area contributed by atoms with Crippen LogP contribution in [0, 0.1) is 5.92 Å². The molecule has 1 saturated carbocycles. The summed E-state index contributed by atoms with van der Waals surface area (Å²) in [4.78, 5) is 11.4. The van der Waals surface area contributed by atoms with Crippen molar-refractivity contribution in [2.24, 2.45) is 5.92 Å². The Morgan fingerprint density at radius 1 is 1.44 bits per heavy atom. The molecule has 16 heavy (non-hydrogen) atoms. The van der Waals surface area contributed by atoms with Crippen molar-refractivity contribution in [2.75, 3.05) is 6.54 Å². The van der Waals surface area contributed by atoms with Gasteiger partial charge in [0.05, 0.1) is 0 Å². The Bertz CT molecular complexity index is 238. The first kappa shape index (κ1) is 11.9. The van der Waals surface area contributed by atoms with Crippen LogP contribution >= 0.6 is 0 Å². The monoisotopic (exact) mass is 224 g/mol. The second-order valence-electron chi connectivity index (χ2n) is 5.34. The molecule has 1 amide bonds. The Morgan fingerprint density at radius 3 is 2.94 bits per heavy atom. The third kappa shape index (κ3) is 3.78. The van der Waals surface area contributed by atoms with Gasteiger partial charge in [0, 0.05) is 25.0 Å². The Kier molecular flexibility index (Phi) is 4.22. The second kappa shape index (κ2) is 5.67. The van der Waals surface area contributed by atoms with Gasteiger partial charge in [-0.25, -0.2) is 0 Å². The van der Waals surface area contributed by atoms with E-state index in [1.807, 2.05) is 0 Å². The Labute approximate surface area is 98.4 Å². The highest BCUT2D eigenvalue weighted by Gasteiger charge is 2.26. The van der Waals surface area contributed by atoms with Gasteiger partial charge in [-0.05, 0) is 31.6 Å². The largest absolute Gasteiger partial charge is 0.356 e. The van der Waals surface area contributed by atoms with Crippen LogP contribution in [0.4, 0.5) is 0 Å². The SMILES string of the molecule is CCC(CC1CC1)NC1CCCNC(=O)C1. The highest BCUT2D eigenvalue weighted by molar-refractivity contribution is 5.76. The molecular weight excluding hydrogens is 200 g/mol. The summed E-state index contributed by atoms with van der Waals surface area (Å²) < 4.78 is 0. The number of hydrogen-bond acceptors (Lipinski definition) is 2. The first-order chi connectivity index (χ1) is 7.78. The van der Waals surface area contributed by atoms with E-state index in [9.17, 15) is 4.79 Å². The summed E-state index contributed by atoms with van der Waals surface area (Å²) in [5, 5.41) is 6.63. The summed E-state index contributed by atoms with van der Waals surface area (Å²) in [6, 6.07) is 1.04. The molecule has 2 N–H and O–H groups in total. The van der Waals surface area contributed by atoms with Gasteiger partial charge in [-0.15, -0.1) is 0 Å². The molecule has 0 radical (unpaired) electrons. The van der Waals surface area contributed by atoms with Gasteiger partial charge < -0.3 is 10.6 Å². The van der Waals surface area contributed by atoms with E-state index < -0.39 is 0 Å². The van der Waals surface area contributed by atoms with Crippen LogP contribution in [-0.4, -0.2) is 24.5 Å². The van der Waals surface area contributed by atoms with E-state index in [1.165, 1.54) is 25.7 Å². The molecule has 2 rings (SSSR count). The maximum absolute atomic E-state index is 11.4. The zero-order chi connectivity index (χ0) is 11.4. The van der Waals surface area contributed by atoms with E-state index in [4.69, 9.17) is 0 Å². The lowest BCUT2D eigenvalue weighted by molar-refractivity contribution is -0.121. The third-order valence-corrected chi connectivity index (χ3v) is 3.76. The van der Waals surface area contributed by atoms with E-state index in [0.29, 0.717) is 18.5 Å². The molecule has 3 heteroatoms. The van der Waals surface area contributed by atoms with Crippen LogP contribution in [0.1, 0.15) is 51.9 Å². The van der Waals surface area contributed by atoms with Gasteiger partial charge in [-0.3, -0.25) is 4.79 Å². The average Bonchev–Trinajstić information content (AvgIpc) is 3.06. The molecule has 1 heterocycles. The maximum atomic E-state index is 11.4. The molecule has 1 aliphatic carbocycles. The fourth-order valence-electron chi connectivity index (χ4n) is 2.56. The van der Waals surface area contributed by atoms with Crippen LogP contribution in [0.5, 0.6) is 0 Å². The highest BCUT2D eigenvalue weighted by Crippen LogP contribution is 2.34. The minimum Gasteiger partial charge on any atom is -0.356 e. The van der Waals surface area contributed by atoms with Gasteiger partial charge in [-0.2, -0.15) is 0 Å². The van der Waals surface area contributed by atoms with E-state index >= 15 is 0 Å². The lowest BCUT2D eigenvalue weighted by atomic mass is 10.0. The molecule has 2 atom stereocenters. The number of carbonyl (C=O) groups excluding carboxylic acids is 1. The Morgan fingerprint density at radius 2 is 2.25 bits per heavy atom. The minimum atomic E-state index is 0.219. The predicted octanol–water partition coefficient (Wildman–Crippen LogP) is 1.82. The van der Waals surface area contributed by atoms with Crippen molar-refractivity contribution in [3.05, 3.63) is 0 Å². The molecular formula is C13H24N2O. The lowest BCUT2D eigenvalue weighted by Crippen LogP contribution is -2.39. The fourth-order valence-corrected chi connectivity index (χ4v) is 2.56. The number of rotatable bonds is 5. The van der Waals surface area contributed by atoms with Crippen LogP contribution in [-0.2, 0) is 4.79 Å². The molecule has 0 aromatic rings. The molecule has 2 aliphatic rings. The molecule has 92 valence electrons. The number of hydrogen-bond donors (Lipinski definition) is 2. The normalized spacial score (nSPS) is 28.3. The zero-order valence-corrected chi connectivity index (χ0v) is 10.3. The van der Waals surface area contributed by atoms with Crippen LogP contribution in [0.3, 0.4) is 0 Å². The van der Waals surface area contributed by atoms with Crippen molar-refractivity contribution in [1.29, 1.82) is 0 Å². The molecule has 0 spiro atoms. The molecule has 1 aliphatic heterocycles. The number of nitrogens with one attached hydrogen (secondary N) is 2. The zero-order valence-electron chi connectivity index (χ0n) is 10.3. The van der Waals surface area contributed by atoms with Gasteiger partial charge in [0.15, 0.2) is 0 Å². The summed E-state index contributed by atoms with van der Waals surface area (Å²) >= 11 is 0. The maximum Gasteiger partial charge on any atom is 0.221 e. The van der Waals surface area contributed by atoms with Crippen LogP contribution < -0.4 is 10.6 Å². The van der Waals surface area contributed by atoms with Crippen LogP contribution in [0.2, 0.25) is 0 Å². The van der Waals surface area contributed by atoms with E-state index in [2.05, 4.69) is 17.6 Å². The van der Waals surface area contributed by atoms with Crippen LogP contribution in [0.15, 0.2) is 0 Å². The van der Waals surface area contributed by atoms with Gasteiger partial charge in [0.1, 0.15) is 0 Å². The molecule has 0 bridgehead atoms. The smallest absolute Gasteiger partial charge is 0.221 e. The van der Waals surface area contributed by atoms with Gasteiger partial charge in [0.25, 0.3) is 0 Å². The molecule has 2 fully saturated rings. The fraction of sp³-hybridized carbons (Fsp3) is 0.923. The quantitative estimate of drug-likeness (QED) is 0.748. The van der Waals surface area contributed by atoms with Crippen molar-refractivity contribution in [3.8, 4) is 0 Å². The minimum absolute atomic E-state index is 0.219. The summed E-state index contributed by atoms with van der Waals surface area (Å²) in [5.41, 5.74) is 0. The number of amides is 1. The standard InChI is InChI=1S/C13H24N2O/c1-2-11(8-10-5-6-10)15-12-4-3-7-14-13(16)9-12/h10-12,15H,2-9H2,1H3,(H,14,16). The highest BCUT2D eigenvalue weighted by atomic mass is 16.1. The molecule has 0 aromatic heterocycles. The van der Waals surface area contributed by atoms with Crippen molar-refractivity contribution in [3.63, 3.8) is 0 Å².